The molecule has 2 N–H and O–H groups in total. The van der Waals surface area contributed by atoms with E-state index in [9.17, 15) is 14.7 Å². The number of thioether (sulfide) groups is 1. The second-order valence-electron chi connectivity index (χ2n) is 4.29. The second kappa shape index (κ2) is 4.89. The Morgan fingerprint density at radius 3 is 2.61 bits per heavy atom. The first kappa shape index (κ1) is 13.4. The Balaban J connectivity index is 2.20. The van der Waals surface area contributed by atoms with Crippen LogP contribution in [0.15, 0.2) is 0 Å². The van der Waals surface area contributed by atoms with Gasteiger partial charge in [-0.3, -0.25) is 4.79 Å². The average Bonchev–Trinajstić information content (AvgIpc) is 2.86. The smallest absolute Gasteiger partial charge is 0.330 e. The molecule has 1 saturated heterocycles. The van der Waals surface area contributed by atoms with Crippen LogP contribution < -0.4 is 5.32 Å². The van der Waals surface area contributed by atoms with Crippen LogP contribution in [0.1, 0.15) is 26.8 Å². The molecule has 1 aromatic rings. The number of aliphatic carboxylic acids is 1. The zero-order valence-electron chi connectivity index (χ0n) is 10.1. The maximum Gasteiger partial charge on any atom is 0.330 e. The van der Waals surface area contributed by atoms with Crippen molar-refractivity contribution in [2.24, 2.45) is 0 Å². The largest absolute Gasteiger partial charge is 0.479 e. The molecule has 1 aliphatic heterocycles. The topological polar surface area (TPSA) is 79.3 Å². The molecule has 1 aromatic heterocycles. The summed E-state index contributed by atoms with van der Waals surface area (Å²) in [4.78, 5) is 28.2. The number of carbonyl (C=O) groups excluding carboxylic acids is 1. The van der Waals surface area contributed by atoms with E-state index in [1.165, 1.54) is 11.3 Å². The van der Waals surface area contributed by atoms with Crippen molar-refractivity contribution in [3.8, 4) is 0 Å². The third-order valence-corrected chi connectivity index (χ3v) is 5.15. The number of nitrogens with one attached hydrogen (secondary N) is 1. The maximum atomic E-state index is 12.1. The van der Waals surface area contributed by atoms with Gasteiger partial charge in [0, 0.05) is 5.75 Å². The van der Waals surface area contributed by atoms with Gasteiger partial charge in [-0.05, 0) is 26.0 Å². The van der Waals surface area contributed by atoms with Gasteiger partial charge in [0.25, 0.3) is 5.91 Å². The van der Waals surface area contributed by atoms with Crippen molar-refractivity contribution in [3.05, 3.63) is 15.6 Å². The predicted octanol–water partition coefficient (Wildman–Crippen LogP) is 1.45. The van der Waals surface area contributed by atoms with Gasteiger partial charge in [-0.2, -0.15) is 11.8 Å². The molecule has 0 aliphatic carbocycles. The van der Waals surface area contributed by atoms with Gasteiger partial charge in [0.2, 0.25) is 0 Å². The first-order valence-electron chi connectivity index (χ1n) is 5.52. The lowest BCUT2D eigenvalue weighted by molar-refractivity contribution is -0.143. The summed E-state index contributed by atoms with van der Waals surface area (Å²) in [5.74, 6) is -0.110. The summed E-state index contributed by atoms with van der Waals surface area (Å²) in [6.07, 6.45) is 0.468. The van der Waals surface area contributed by atoms with Crippen molar-refractivity contribution in [2.75, 3.05) is 11.5 Å². The summed E-state index contributed by atoms with van der Waals surface area (Å²) in [5, 5.41) is 12.8. The van der Waals surface area contributed by atoms with E-state index in [-0.39, 0.29) is 5.91 Å². The molecule has 0 saturated carbocycles. The molecule has 1 atom stereocenters. The number of aromatic nitrogens is 1. The molecule has 0 spiro atoms. The van der Waals surface area contributed by atoms with Gasteiger partial charge in [-0.1, -0.05) is 0 Å². The van der Waals surface area contributed by atoms with E-state index in [0.717, 1.165) is 10.8 Å². The monoisotopic (exact) mass is 286 g/mol. The first-order valence-corrected chi connectivity index (χ1v) is 7.49. The highest BCUT2D eigenvalue weighted by Crippen LogP contribution is 2.29. The quantitative estimate of drug-likeness (QED) is 0.879. The summed E-state index contributed by atoms with van der Waals surface area (Å²) >= 11 is 2.84. The lowest BCUT2D eigenvalue weighted by Crippen LogP contribution is -2.54. The van der Waals surface area contributed by atoms with Crippen molar-refractivity contribution < 1.29 is 14.7 Å². The number of nitrogens with zero attached hydrogens (tertiary/aromatic N) is 1. The second-order valence-corrected chi connectivity index (χ2v) is 6.60. The Morgan fingerprint density at radius 2 is 2.17 bits per heavy atom. The lowest BCUT2D eigenvalue weighted by atomic mass is 9.99. The summed E-state index contributed by atoms with van der Waals surface area (Å²) in [5.41, 5.74) is -0.465. The van der Waals surface area contributed by atoms with Gasteiger partial charge in [0.1, 0.15) is 10.4 Å². The predicted molar refractivity (Wildman–Crippen MR) is 71.4 cm³/mol. The fourth-order valence-corrected chi connectivity index (χ4v) is 4.04. The first-order chi connectivity index (χ1) is 8.44. The minimum atomic E-state index is -1.12. The molecule has 5 nitrogen and oxygen atoms in total. The maximum absolute atomic E-state index is 12.1. The van der Waals surface area contributed by atoms with Crippen LogP contribution in [-0.2, 0) is 4.79 Å². The highest BCUT2D eigenvalue weighted by molar-refractivity contribution is 7.99. The van der Waals surface area contributed by atoms with E-state index in [1.54, 1.807) is 18.7 Å². The molecular weight excluding hydrogens is 272 g/mol. The Kier molecular flexibility index (Phi) is 3.63. The van der Waals surface area contributed by atoms with E-state index in [2.05, 4.69) is 10.3 Å². The minimum absolute atomic E-state index is 0.331. The standard InChI is InChI=1S/C11H14N2O3S2/c1-6-8(18-7(2)12-6)9(14)13-11(10(15)16)3-4-17-5-11/h3-5H2,1-2H3,(H,13,14)(H,15,16)/t11-/m1/s1. The molecule has 1 aliphatic rings. The van der Waals surface area contributed by atoms with Crippen molar-refractivity contribution in [1.82, 2.24) is 10.3 Å². The molecule has 98 valence electrons. The van der Waals surface area contributed by atoms with Crippen LogP contribution in [0, 0.1) is 13.8 Å². The number of amides is 1. The number of thiazole rings is 1. The molecular formula is C11H14N2O3S2. The number of hydrogen-bond acceptors (Lipinski definition) is 5. The van der Waals surface area contributed by atoms with Crippen LogP contribution in [0.2, 0.25) is 0 Å². The van der Waals surface area contributed by atoms with Crippen LogP contribution in [-0.4, -0.2) is 39.0 Å². The fraction of sp³-hybridized carbons (Fsp3) is 0.545. The van der Waals surface area contributed by atoms with E-state index < -0.39 is 11.5 Å². The molecule has 0 unspecified atom stereocenters. The third kappa shape index (κ3) is 2.37. The number of rotatable bonds is 3. The number of hydrogen-bond donors (Lipinski definition) is 2. The lowest BCUT2D eigenvalue weighted by Gasteiger charge is -2.24. The average molecular weight is 286 g/mol. The van der Waals surface area contributed by atoms with Crippen LogP contribution >= 0.6 is 23.1 Å². The van der Waals surface area contributed by atoms with E-state index >= 15 is 0 Å². The Bertz CT molecular complexity index is 492. The molecule has 1 fully saturated rings. The van der Waals surface area contributed by atoms with E-state index in [0.29, 0.717) is 22.7 Å². The molecule has 18 heavy (non-hydrogen) atoms. The van der Waals surface area contributed by atoms with Gasteiger partial charge in [-0.25, -0.2) is 9.78 Å². The Morgan fingerprint density at radius 1 is 1.44 bits per heavy atom. The van der Waals surface area contributed by atoms with Gasteiger partial charge < -0.3 is 10.4 Å². The van der Waals surface area contributed by atoms with Gasteiger partial charge in [-0.15, -0.1) is 11.3 Å². The molecule has 2 heterocycles. The fourth-order valence-electron chi connectivity index (χ4n) is 1.90. The molecule has 2 rings (SSSR count). The zero-order chi connectivity index (χ0) is 13.3. The summed E-state index contributed by atoms with van der Waals surface area (Å²) < 4.78 is 0. The molecule has 1 amide bonds. The third-order valence-electron chi connectivity index (χ3n) is 2.89. The van der Waals surface area contributed by atoms with Crippen molar-refractivity contribution in [1.29, 1.82) is 0 Å². The number of carbonyl (C=O) groups is 2. The van der Waals surface area contributed by atoms with Gasteiger partial charge in [0.05, 0.1) is 10.7 Å². The zero-order valence-corrected chi connectivity index (χ0v) is 11.8. The minimum Gasteiger partial charge on any atom is -0.479 e. The number of carboxylic acid groups (broad SMARTS) is 1. The molecule has 0 radical (unpaired) electrons. The molecule has 0 bridgehead atoms. The SMILES string of the molecule is Cc1nc(C)c(C(=O)N[C@]2(C(=O)O)CCSC2)s1. The Hall–Kier alpha value is -1.08. The van der Waals surface area contributed by atoms with Crippen LogP contribution in [0.5, 0.6) is 0 Å². The number of carboxylic acids is 1. The van der Waals surface area contributed by atoms with E-state index in [4.69, 9.17) is 0 Å². The van der Waals surface area contributed by atoms with E-state index in [1.807, 2.05) is 6.92 Å². The number of aryl methyl sites for hydroxylation is 2. The van der Waals surface area contributed by atoms with Crippen LogP contribution in [0.3, 0.4) is 0 Å². The highest BCUT2D eigenvalue weighted by atomic mass is 32.2. The van der Waals surface area contributed by atoms with Gasteiger partial charge in [0.15, 0.2) is 0 Å². The van der Waals surface area contributed by atoms with Gasteiger partial charge >= 0.3 is 5.97 Å². The molecule has 0 aromatic carbocycles. The van der Waals surface area contributed by atoms with Crippen molar-refractivity contribution >= 4 is 35.0 Å². The normalized spacial score (nSPS) is 23.0. The summed E-state index contributed by atoms with van der Waals surface area (Å²) in [6, 6.07) is 0. The Labute approximate surface area is 113 Å². The van der Waals surface area contributed by atoms with Crippen LogP contribution in [0.4, 0.5) is 0 Å². The van der Waals surface area contributed by atoms with Crippen molar-refractivity contribution in [3.63, 3.8) is 0 Å². The molecule has 7 heteroatoms. The summed E-state index contributed by atoms with van der Waals surface area (Å²) in [6.45, 7) is 3.59. The summed E-state index contributed by atoms with van der Waals surface area (Å²) in [7, 11) is 0. The van der Waals surface area contributed by atoms with Crippen molar-refractivity contribution in [2.45, 2.75) is 25.8 Å². The van der Waals surface area contributed by atoms with Crippen LogP contribution in [0.25, 0.3) is 0 Å². The highest BCUT2D eigenvalue weighted by Gasteiger charge is 2.43.